The molecule has 4 atom stereocenters. The Morgan fingerprint density at radius 1 is 1.27 bits per heavy atom. The van der Waals surface area contributed by atoms with Crippen molar-refractivity contribution in [3.8, 4) is 0 Å². The quantitative estimate of drug-likeness (QED) is 0.646. The zero-order valence-electron chi connectivity index (χ0n) is 13.1. The average molecular weight is 304 g/mol. The Bertz CT molecular complexity index is 728. The van der Waals surface area contributed by atoms with Gasteiger partial charge in [-0.15, -0.1) is 0 Å². The van der Waals surface area contributed by atoms with Crippen LogP contribution in [0.3, 0.4) is 0 Å². The Morgan fingerprint density at radius 3 is 2.64 bits per heavy atom. The number of carbonyl (C=O) groups excluding carboxylic acids is 2. The first-order valence-electron chi connectivity index (χ1n) is 7.44. The molecule has 4 rings (SSSR count). The molecule has 3 heterocycles. The summed E-state index contributed by atoms with van der Waals surface area (Å²) >= 11 is 0. The standard InChI is InChI=1S/C15H20N4O3/c1-8-5-6-9-11(20)16-13(2)10(19(8)9)7-15(22)14(13,3)17-12(21)18(15)4/h5-6,10,22H,7H2,1-4H3,(H,16,20)(H,17,21)/t10-,13-,14+,15+/m1/s1. The number of aromatic nitrogens is 1. The Balaban J connectivity index is 1.96. The first-order valence-corrected chi connectivity index (χ1v) is 7.44. The van der Waals surface area contributed by atoms with E-state index in [-0.39, 0.29) is 18.0 Å². The van der Waals surface area contributed by atoms with Gasteiger partial charge < -0.3 is 20.3 Å². The Morgan fingerprint density at radius 2 is 1.95 bits per heavy atom. The number of rotatable bonds is 0. The largest absolute Gasteiger partial charge is 0.368 e. The van der Waals surface area contributed by atoms with E-state index < -0.39 is 16.8 Å². The highest BCUT2D eigenvalue weighted by atomic mass is 16.3. The first-order chi connectivity index (χ1) is 10.2. The van der Waals surface area contributed by atoms with Crippen LogP contribution in [0, 0.1) is 6.92 Å². The molecule has 3 N–H and O–H groups in total. The molecular formula is C15H20N4O3. The van der Waals surface area contributed by atoms with Gasteiger partial charge in [0.2, 0.25) is 0 Å². The summed E-state index contributed by atoms with van der Waals surface area (Å²) in [6, 6.07) is 3.25. The van der Waals surface area contributed by atoms with Crippen LogP contribution in [0.1, 0.15) is 42.5 Å². The third-order valence-electron chi connectivity index (χ3n) is 6.24. The van der Waals surface area contributed by atoms with Gasteiger partial charge in [0, 0.05) is 19.2 Å². The number of nitrogens with one attached hydrogen (secondary N) is 2. The Hall–Kier alpha value is -2.02. The van der Waals surface area contributed by atoms with Crippen LogP contribution in [0.15, 0.2) is 12.1 Å². The van der Waals surface area contributed by atoms with Gasteiger partial charge >= 0.3 is 6.03 Å². The van der Waals surface area contributed by atoms with Crippen molar-refractivity contribution in [1.29, 1.82) is 0 Å². The molecule has 7 nitrogen and oxygen atoms in total. The van der Waals surface area contributed by atoms with Gasteiger partial charge in [-0.05, 0) is 32.9 Å². The number of carbonyl (C=O) groups is 2. The van der Waals surface area contributed by atoms with E-state index >= 15 is 0 Å². The molecule has 0 unspecified atom stereocenters. The van der Waals surface area contributed by atoms with Crippen molar-refractivity contribution in [2.24, 2.45) is 0 Å². The van der Waals surface area contributed by atoms with Gasteiger partial charge in [0.15, 0.2) is 5.72 Å². The summed E-state index contributed by atoms with van der Waals surface area (Å²) in [4.78, 5) is 25.9. The van der Waals surface area contributed by atoms with Gasteiger partial charge in [-0.1, -0.05) is 0 Å². The van der Waals surface area contributed by atoms with Crippen molar-refractivity contribution in [2.45, 2.75) is 50.0 Å². The topological polar surface area (TPSA) is 86.6 Å². The molecule has 2 fully saturated rings. The second-order valence-electron chi connectivity index (χ2n) is 7.04. The summed E-state index contributed by atoms with van der Waals surface area (Å²) in [5, 5.41) is 17.2. The maximum absolute atomic E-state index is 12.5. The monoisotopic (exact) mass is 304 g/mol. The fourth-order valence-electron chi connectivity index (χ4n) is 4.60. The number of nitrogens with zero attached hydrogens (tertiary/aromatic N) is 2. The number of fused-ring (bicyclic) bond motifs is 5. The Labute approximate surface area is 128 Å². The number of hydrogen-bond donors (Lipinski definition) is 3. The number of aryl methyl sites for hydroxylation is 1. The van der Waals surface area contributed by atoms with Crippen molar-refractivity contribution in [3.05, 3.63) is 23.5 Å². The minimum atomic E-state index is -1.35. The van der Waals surface area contributed by atoms with E-state index in [1.807, 2.05) is 24.5 Å². The van der Waals surface area contributed by atoms with E-state index in [0.717, 1.165) is 5.69 Å². The molecule has 1 aromatic heterocycles. The lowest BCUT2D eigenvalue weighted by Gasteiger charge is -2.48. The molecule has 3 amide bonds. The summed E-state index contributed by atoms with van der Waals surface area (Å²) in [6.07, 6.45) is 0.359. The number of likely N-dealkylation sites (N-methyl/N-ethyl adjacent to an activating group) is 1. The van der Waals surface area contributed by atoms with E-state index in [2.05, 4.69) is 10.6 Å². The molecule has 0 bridgehead atoms. The lowest BCUT2D eigenvalue weighted by atomic mass is 9.77. The molecule has 22 heavy (non-hydrogen) atoms. The lowest BCUT2D eigenvalue weighted by Crippen LogP contribution is -2.72. The molecule has 1 saturated heterocycles. The molecule has 1 saturated carbocycles. The average Bonchev–Trinajstić information content (AvgIpc) is 2.95. The minimum absolute atomic E-state index is 0.131. The number of hydrogen-bond acceptors (Lipinski definition) is 3. The molecule has 1 aliphatic carbocycles. The molecule has 118 valence electrons. The van der Waals surface area contributed by atoms with Crippen molar-refractivity contribution in [3.63, 3.8) is 0 Å². The number of aliphatic hydroxyl groups is 1. The van der Waals surface area contributed by atoms with Crippen molar-refractivity contribution in [1.82, 2.24) is 20.1 Å². The minimum Gasteiger partial charge on any atom is -0.368 e. The number of amides is 3. The van der Waals surface area contributed by atoms with Gasteiger partial charge in [0.05, 0.1) is 11.6 Å². The van der Waals surface area contributed by atoms with Crippen LogP contribution in [-0.2, 0) is 0 Å². The third-order valence-corrected chi connectivity index (χ3v) is 6.24. The van der Waals surface area contributed by atoms with Crippen LogP contribution in [-0.4, -0.2) is 50.4 Å². The summed E-state index contributed by atoms with van der Waals surface area (Å²) in [5.74, 6) is -0.180. The highest BCUT2D eigenvalue weighted by molar-refractivity contribution is 5.95. The van der Waals surface area contributed by atoms with E-state index in [9.17, 15) is 14.7 Å². The van der Waals surface area contributed by atoms with Crippen LogP contribution in [0.5, 0.6) is 0 Å². The predicted octanol–water partition coefficient (Wildman–Crippen LogP) is 0.346. The van der Waals surface area contributed by atoms with Crippen molar-refractivity contribution < 1.29 is 14.7 Å². The maximum Gasteiger partial charge on any atom is 0.320 e. The van der Waals surface area contributed by atoms with Gasteiger partial charge in [-0.2, -0.15) is 0 Å². The summed E-state index contributed by atoms with van der Waals surface area (Å²) in [7, 11) is 1.59. The van der Waals surface area contributed by atoms with Crippen molar-refractivity contribution in [2.75, 3.05) is 7.05 Å². The predicted molar refractivity (Wildman–Crippen MR) is 78.3 cm³/mol. The van der Waals surface area contributed by atoms with E-state index in [1.54, 1.807) is 20.0 Å². The highest BCUT2D eigenvalue weighted by Crippen LogP contribution is 2.57. The van der Waals surface area contributed by atoms with Gasteiger partial charge in [0.25, 0.3) is 5.91 Å². The van der Waals surface area contributed by atoms with Crippen LogP contribution < -0.4 is 10.6 Å². The zero-order valence-corrected chi connectivity index (χ0v) is 13.1. The smallest absolute Gasteiger partial charge is 0.320 e. The van der Waals surface area contributed by atoms with Crippen LogP contribution in [0.2, 0.25) is 0 Å². The first kappa shape index (κ1) is 13.6. The normalized spacial score (nSPS) is 42.6. The molecule has 3 aliphatic rings. The van der Waals surface area contributed by atoms with Gasteiger partial charge in [0.1, 0.15) is 11.2 Å². The second kappa shape index (κ2) is 3.48. The molecule has 7 heteroatoms. The molecule has 0 aromatic carbocycles. The molecule has 0 spiro atoms. The van der Waals surface area contributed by atoms with Crippen LogP contribution >= 0.6 is 0 Å². The molecule has 1 aromatic rings. The maximum atomic E-state index is 12.5. The molecular weight excluding hydrogens is 284 g/mol. The molecule has 2 aliphatic heterocycles. The second-order valence-corrected chi connectivity index (χ2v) is 7.04. The third kappa shape index (κ3) is 1.12. The van der Waals surface area contributed by atoms with Crippen LogP contribution in [0.25, 0.3) is 0 Å². The fourth-order valence-corrected chi connectivity index (χ4v) is 4.60. The summed E-state index contributed by atoms with van der Waals surface area (Å²) in [5.41, 5.74) is -1.53. The van der Waals surface area contributed by atoms with Gasteiger partial charge in [-0.3, -0.25) is 9.69 Å². The van der Waals surface area contributed by atoms with E-state index in [1.165, 1.54) is 4.90 Å². The Kier molecular flexibility index (Phi) is 2.16. The number of urea groups is 1. The van der Waals surface area contributed by atoms with E-state index in [0.29, 0.717) is 12.1 Å². The summed E-state index contributed by atoms with van der Waals surface area (Å²) in [6.45, 7) is 5.65. The zero-order chi connectivity index (χ0) is 16.1. The fraction of sp³-hybridized carbons (Fsp3) is 0.600. The van der Waals surface area contributed by atoms with Gasteiger partial charge in [-0.25, -0.2) is 4.79 Å². The summed E-state index contributed by atoms with van der Waals surface area (Å²) < 4.78 is 1.99. The molecule has 0 radical (unpaired) electrons. The lowest BCUT2D eigenvalue weighted by molar-refractivity contribution is -0.0922. The highest BCUT2D eigenvalue weighted by Gasteiger charge is 2.76. The van der Waals surface area contributed by atoms with Crippen molar-refractivity contribution >= 4 is 11.9 Å². The van der Waals surface area contributed by atoms with E-state index in [4.69, 9.17) is 0 Å². The van der Waals surface area contributed by atoms with Crippen LogP contribution in [0.4, 0.5) is 4.79 Å². The SMILES string of the molecule is Cc1ccc2n1[C@@H]1C[C@@]3(O)N(C)C(=O)N[C@@]3(C)[C@]1(C)NC2=O.